The van der Waals surface area contributed by atoms with E-state index in [9.17, 15) is 18.0 Å². The van der Waals surface area contributed by atoms with E-state index in [4.69, 9.17) is 15.6 Å². The second-order valence-corrected chi connectivity index (χ2v) is 10.1. The number of amides is 1. The van der Waals surface area contributed by atoms with Crippen LogP contribution in [-0.2, 0) is 9.59 Å². The zero-order chi connectivity index (χ0) is 25.7. The summed E-state index contributed by atoms with van der Waals surface area (Å²) in [4.78, 5) is 25.1. The van der Waals surface area contributed by atoms with Crippen molar-refractivity contribution in [2.45, 2.75) is 58.0 Å². The summed E-state index contributed by atoms with van der Waals surface area (Å²) in [6, 6.07) is 6.59. The highest BCUT2D eigenvalue weighted by Crippen LogP contribution is 2.40. The van der Waals surface area contributed by atoms with Gasteiger partial charge in [-0.05, 0) is 80.8 Å². The fourth-order valence-corrected chi connectivity index (χ4v) is 4.26. The molecule has 6 nitrogen and oxygen atoms in total. The monoisotopic (exact) mass is 483 g/mol. The molecule has 0 atom stereocenters. The number of carboxylic acid groups (broad SMARTS) is 1. The van der Waals surface area contributed by atoms with E-state index < -0.39 is 12.1 Å². The molecule has 1 saturated heterocycles. The van der Waals surface area contributed by atoms with Crippen molar-refractivity contribution < 1.29 is 27.9 Å². The molecular formula is C25H36F3N3O3. The number of carbonyl (C=O) groups excluding carboxylic acids is 1. The quantitative estimate of drug-likeness (QED) is 0.603. The lowest BCUT2D eigenvalue weighted by molar-refractivity contribution is -0.192. The maximum absolute atomic E-state index is 12.3. The SMILES string of the molecule is CN(C)CC(=O)N1CCC(c2ccc(N)c(C3=CCC(C)(C)CC3)c2)CC1.O=C(O)C(F)(F)F. The first-order chi connectivity index (χ1) is 15.7. The molecule has 1 heterocycles. The number of likely N-dealkylation sites (tertiary alicyclic amines) is 1. The number of hydrogen-bond donors (Lipinski definition) is 2. The molecule has 0 radical (unpaired) electrons. The number of nitrogen functional groups attached to an aromatic ring is 1. The van der Waals surface area contributed by atoms with Gasteiger partial charge < -0.3 is 20.6 Å². The molecule has 0 bridgehead atoms. The number of nitrogens with zero attached hydrogens (tertiary/aromatic N) is 2. The Morgan fingerprint density at radius 1 is 1.21 bits per heavy atom. The van der Waals surface area contributed by atoms with Crippen LogP contribution in [0.15, 0.2) is 24.3 Å². The summed E-state index contributed by atoms with van der Waals surface area (Å²) in [7, 11) is 3.89. The Morgan fingerprint density at radius 2 is 1.79 bits per heavy atom. The van der Waals surface area contributed by atoms with Gasteiger partial charge in [0.05, 0.1) is 6.54 Å². The minimum absolute atomic E-state index is 0.242. The molecule has 1 aliphatic carbocycles. The fraction of sp³-hybridized carbons (Fsp3) is 0.600. The van der Waals surface area contributed by atoms with Crippen LogP contribution in [0.1, 0.15) is 63.0 Å². The van der Waals surface area contributed by atoms with Crippen molar-refractivity contribution in [3.8, 4) is 0 Å². The van der Waals surface area contributed by atoms with Crippen LogP contribution in [0.4, 0.5) is 18.9 Å². The first kappa shape index (κ1) is 27.7. The van der Waals surface area contributed by atoms with Crippen molar-refractivity contribution in [1.29, 1.82) is 0 Å². The predicted octanol–water partition coefficient (Wildman–Crippen LogP) is 4.76. The van der Waals surface area contributed by atoms with E-state index in [2.05, 4.69) is 38.1 Å². The fourth-order valence-electron chi connectivity index (χ4n) is 4.26. The number of hydrogen-bond acceptors (Lipinski definition) is 4. The Hall–Kier alpha value is -2.55. The number of carboxylic acids is 1. The topological polar surface area (TPSA) is 86.9 Å². The van der Waals surface area contributed by atoms with Gasteiger partial charge in [0.1, 0.15) is 0 Å². The van der Waals surface area contributed by atoms with Crippen LogP contribution in [0, 0.1) is 5.41 Å². The van der Waals surface area contributed by atoms with Crippen LogP contribution in [-0.4, -0.2) is 66.7 Å². The van der Waals surface area contributed by atoms with Crippen molar-refractivity contribution in [2.75, 3.05) is 39.5 Å². The summed E-state index contributed by atoms with van der Waals surface area (Å²) >= 11 is 0. The zero-order valence-corrected chi connectivity index (χ0v) is 20.4. The van der Waals surface area contributed by atoms with Crippen molar-refractivity contribution in [1.82, 2.24) is 9.80 Å². The van der Waals surface area contributed by atoms with Gasteiger partial charge in [-0.25, -0.2) is 4.79 Å². The van der Waals surface area contributed by atoms with Gasteiger partial charge in [-0.3, -0.25) is 4.79 Å². The van der Waals surface area contributed by atoms with Crippen LogP contribution in [0.2, 0.25) is 0 Å². The van der Waals surface area contributed by atoms with Crippen LogP contribution in [0.25, 0.3) is 5.57 Å². The lowest BCUT2D eigenvalue weighted by Gasteiger charge is -2.33. The molecule has 0 aromatic heterocycles. The molecule has 1 aliphatic heterocycles. The average molecular weight is 484 g/mol. The predicted molar refractivity (Wildman–Crippen MR) is 127 cm³/mol. The van der Waals surface area contributed by atoms with E-state index in [-0.39, 0.29) is 5.91 Å². The Bertz CT molecular complexity index is 902. The van der Waals surface area contributed by atoms with Gasteiger partial charge in [-0.15, -0.1) is 0 Å². The molecule has 1 amide bonds. The third-order valence-corrected chi connectivity index (χ3v) is 6.41. The molecule has 0 spiro atoms. The first-order valence-electron chi connectivity index (χ1n) is 11.5. The van der Waals surface area contributed by atoms with Gasteiger partial charge in [0, 0.05) is 24.3 Å². The third-order valence-electron chi connectivity index (χ3n) is 6.41. The molecule has 1 fully saturated rings. The number of likely N-dealkylation sites (N-methyl/N-ethyl adjacent to an activating group) is 1. The Balaban J connectivity index is 0.000000509. The lowest BCUT2D eigenvalue weighted by Crippen LogP contribution is -2.42. The van der Waals surface area contributed by atoms with E-state index >= 15 is 0 Å². The maximum atomic E-state index is 12.3. The number of allylic oxidation sites excluding steroid dienone is 2. The number of benzene rings is 1. The second-order valence-electron chi connectivity index (χ2n) is 10.1. The number of carbonyl (C=O) groups is 2. The number of anilines is 1. The van der Waals surface area contributed by atoms with Crippen molar-refractivity contribution >= 4 is 23.1 Å². The summed E-state index contributed by atoms with van der Waals surface area (Å²) in [6.07, 6.45) is 2.83. The minimum Gasteiger partial charge on any atom is -0.475 e. The van der Waals surface area contributed by atoms with E-state index in [1.165, 1.54) is 23.1 Å². The van der Waals surface area contributed by atoms with Crippen LogP contribution < -0.4 is 5.73 Å². The molecule has 2 aliphatic rings. The molecule has 1 aromatic carbocycles. The summed E-state index contributed by atoms with van der Waals surface area (Å²) in [5.74, 6) is -1.99. The van der Waals surface area contributed by atoms with Crippen LogP contribution in [0.3, 0.4) is 0 Å². The van der Waals surface area contributed by atoms with Gasteiger partial charge in [0.2, 0.25) is 5.91 Å². The molecule has 190 valence electrons. The normalized spacial score (nSPS) is 18.7. The van der Waals surface area contributed by atoms with Crippen LogP contribution >= 0.6 is 0 Å². The number of alkyl halides is 3. The molecule has 9 heteroatoms. The molecule has 3 N–H and O–H groups in total. The van der Waals surface area contributed by atoms with Crippen molar-refractivity contribution in [3.05, 3.63) is 35.4 Å². The van der Waals surface area contributed by atoms with Gasteiger partial charge in [-0.2, -0.15) is 13.2 Å². The highest BCUT2D eigenvalue weighted by molar-refractivity contribution is 5.78. The number of halogens is 3. The Kier molecular flexibility index (Phi) is 9.16. The van der Waals surface area contributed by atoms with E-state index in [1.54, 1.807) is 0 Å². The van der Waals surface area contributed by atoms with Gasteiger partial charge in [0.25, 0.3) is 0 Å². The number of aliphatic carboxylic acids is 1. The molecule has 1 aromatic rings. The van der Waals surface area contributed by atoms with Crippen molar-refractivity contribution in [3.63, 3.8) is 0 Å². The smallest absolute Gasteiger partial charge is 0.475 e. The second kappa shape index (κ2) is 11.3. The van der Waals surface area contributed by atoms with Gasteiger partial charge >= 0.3 is 12.1 Å². The van der Waals surface area contributed by atoms with E-state index in [0.29, 0.717) is 17.9 Å². The highest BCUT2D eigenvalue weighted by Gasteiger charge is 2.38. The maximum Gasteiger partial charge on any atom is 0.490 e. The summed E-state index contributed by atoms with van der Waals surface area (Å²) in [5.41, 5.74) is 11.6. The molecular weight excluding hydrogens is 447 g/mol. The summed E-state index contributed by atoms with van der Waals surface area (Å²) in [6.45, 7) is 6.89. The number of nitrogens with two attached hydrogens (primary N) is 1. The molecule has 34 heavy (non-hydrogen) atoms. The molecule has 3 rings (SSSR count). The number of piperidine rings is 1. The first-order valence-corrected chi connectivity index (χ1v) is 11.5. The minimum atomic E-state index is -5.08. The van der Waals surface area contributed by atoms with Gasteiger partial charge in [-0.1, -0.05) is 26.0 Å². The van der Waals surface area contributed by atoms with Gasteiger partial charge in [0.15, 0.2) is 0 Å². The molecule has 0 unspecified atom stereocenters. The van der Waals surface area contributed by atoms with E-state index in [1.807, 2.05) is 23.9 Å². The third kappa shape index (κ3) is 8.04. The zero-order valence-electron chi connectivity index (χ0n) is 20.4. The average Bonchev–Trinajstić information content (AvgIpc) is 2.74. The van der Waals surface area contributed by atoms with Crippen molar-refractivity contribution in [2.24, 2.45) is 5.41 Å². The Morgan fingerprint density at radius 3 is 2.26 bits per heavy atom. The van der Waals surface area contributed by atoms with Crippen LogP contribution in [0.5, 0.6) is 0 Å². The largest absolute Gasteiger partial charge is 0.490 e. The highest BCUT2D eigenvalue weighted by atomic mass is 19.4. The standard InChI is InChI=1S/C23H35N3O.C2HF3O2/c1-23(2)11-7-18(8-12-23)20-15-19(5-6-21(20)24)17-9-13-26(14-10-17)22(27)16-25(3)4;3-2(4,5)1(6)7/h5-7,15,17H,8-14,16,24H2,1-4H3;(H,6,7). The lowest BCUT2D eigenvalue weighted by atomic mass is 9.76. The van der Waals surface area contributed by atoms with E-state index in [0.717, 1.165) is 44.5 Å². The number of rotatable bonds is 4. The summed E-state index contributed by atoms with van der Waals surface area (Å²) < 4.78 is 31.7. The summed E-state index contributed by atoms with van der Waals surface area (Å²) in [5, 5.41) is 7.12. The molecule has 0 saturated carbocycles. The Labute approximate surface area is 199 Å².